The van der Waals surface area contributed by atoms with Crippen molar-refractivity contribution in [3.8, 4) is 16.6 Å². The topological polar surface area (TPSA) is 70.8 Å². The second-order valence-electron chi connectivity index (χ2n) is 9.73. The molecule has 2 atom stereocenters. The number of hydrogen-bond donors (Lipinski definition) is 1. The molecule has 0 fully saturated rings. The number of halogens is 1. The molecular weight excluding hydrogens is 468 g/mol. The van der Waals surface area contributed by atoms with E-state index in [1.807, 2.05) is 43.3 Å². The Kier molecular flexibility index (Phi) is 7.64. The van der Waals surface area contributed by atoms with Crippen molar-refractivity contribution in [2.45, 2.75) is 64.9 Å². The molecule has 5 nitrogen and oxygen atoms in total. The second kappa shape index (κ2) is 9.94. The molecule has 33 heavy (non-hydrogen) atoms. The fourth-order valence-electron chi connectivity index (χ4n) is 3.24. The number of nitrogens with one attached hydrogen (secondary N) is 1. The Bertz CT molecular complexity index is 1150. The highest BCUT2D eigenvalue weighted by Crippen LogP contribution is 2.40. The van der Waals surface area contributed by atoms with Crippen LogP contribution in [0.3, 0.4) is 0 Å². The van der Waals surface area contributed by atoms with Crippen molar-refractivity contribution in [2.24, 2.45) is 0 Å². The Morgan fingerprint density at radius 1 is 1.12 bits per heavy atom. The molecule has 3 aromatic rings. The number of hydrogen-bond acceptors (Lipinski definition) is 6. The van der Waals surface area contributed by atoms with Crippen LogP contribution in [0.2, 0.25) is 23.2 Å². The van der Waals surface area contributed by atoms with E-state index in [0.29, 0.717) is 10.6 Å². The van der Waals surface area contributed by atoms with Crippen LogP contribution in [0.5, 0.6) is 0 Å². The van der Waals surface area contributed by atoms with Gasteiger partial charge in [0, 0.05) is 11.3 Å². The maximum atomic E-state index is 9.31. The first-order chi connectivity index (χ1) is 15.4. The molecule has 0 aliphatic heterocycles. The van der Waals surface area contributed by atoms with Crippen LogP contribution in [0.15, 0.2) is 42.5 Å². The van der Waals surface area contributed by atoms with E-state index in [-0.39, 0.29) is 17.2 Å². The Morgan fingerprint density at radius 3 is 2.39 bits per heavy atom. The van der Waals surface area contributed by atoms with Crippen LogP contribution in [-0.4, -0.2) is 24.6 Å². The van der Waals surface area contributed by atoms with Gasteiger partial charge in [0.15, 0.2) is 8.32 Å². The van der Waals surface area contributed by atoms with E-state index >= 15 is 0 Å². The largest absolute Gasteiger partial charge is 0.412 e. The molecule has 0 bridgehead atoms. The quantitative estimate of drug-likeness (QED) is 0.339. The zero-order valence-electron chi connectivity index (χ0n) is 20.2. The van der Waals surface area contributed by atoms with E-state index in [9.17, 15) is 5.26 Å². The Labute approximate surface area is 206 Å². The van der Waals surface area contributed by atoms with Gasteiger partial charge in [0.25, 0.3) is 0 Å². The zero-order valence-corrected chi connectivity index (χ0v) is 22.8. The molecular formula is C25H31ClN4OSSi. The Morgan fingerprint density at radius 2 is 1.79 bits per heavy atom. The standard InChI is InChI=1S/C25H31ClN4OSSi/c1-16-20(14-13-19(15-27)21(16)26)28-22(17(2)31-33(6,7)25(3,4)5)24-30-29-23(32-24)18-11-9-8-10-12-18/h8-14,17,22,28H,1-7H3/t17-,22+/m0/s1. The van der Waals surface area contributed by atoms with E-state index in [0.717, 1.165) is 26.8 Å². The van der Waals surface area contributed by atoms with Crippen LogP contribution < -0.4 is 5.32 Å². The lowest BCUT2D eigenvalue weighted by molar-refractivity contribution is 0.177. The van der Waals surface area contributed by atoms with Crippen molar-refractivity contribution in [1.82, 2.24) is 10.2 Å². The highest BCUT2D eigenvalue weighted by molar-refractivity contribution is 7.14. The number of aromatic nitrogens is 2. The van der Waals surface area contributed by atoms with Crippen molar-refractivity contribution < 1.29 is 4.43 Å². The van der Waals surface area contributed by atoms with Gasteiger partial charge in [-0.25, -0.2) is 0 Å². The lowest BCUT2D eigenvalue weighted by Crippen LogP contribution is -2.45. The van der Waals surface area contributed by atoms with Gasteiger partial charge < -0.3 is 9.74 Å². The zero-order chi connectivity index (χ0) is 24.4. The van der Waals surface area contributed by atoms with E-state index in [4.69, 9.17) is 16.0 Å². The molecule has 2 aromatic carbocycles. The molecule has 1 aromatic heterocycles. The average molecular weight is 499 g/mol. The predicted octanol–water partition coefficient (Wildman–Crippen LogP) is 7.60. The Balaban J connectivity index is 2.00. The van der Waals surface area contributed by atoms with Crippen molar-refractivity contribution in [3.05, 3.63) is 63.6 Å². The van der Waals surface area contributed by atoms with Crippen LogP contribution >= 0.6 is 22.9 Å². The summed E-state index contributed by atoms with van der Waals surface area (Å²) in [5.41, 5.74) is 3.18. The minimum atomic E-state index is -2.03. The van der Waals surface area contributed by atoms with Crippen LogP contribution in [0.4, 0.5) is 5.69 Å². The summed E-state index contributed by atoms with van der Waals surface area (Å²) in [7, 11) is -2.03. The minimum absolute atomic E-state index is 0.0792. The highest BCUT2D eigenvalue weighted by Gasteiger charge is 2.40. The van der Waals surface area contributed by atoms with E-state index in [1.165, 1.54) is 0 Å². The summed E-state index contributed by atoms with van der Waals surface area (Å²) in [5, 5.41) is 24.2. The molecule has 0 spiro atoms. The molecule has 0 radical (unpaired) electrons. The lowest BCUT2D eigenvalue weighted by Gasteiger charge is -2.40. The molecule has 1 N–H and O–H groups in total. The molecule has 3 rings (SSSR count). The van der Waals surface area contributed by atoms with Crippen molar-refractivity contribution >= 4 is 36.9 Å². The minimum Gasteiger partial charge on any atom is -0.412 e. The normalized spacial score (nSPS) is 13.9. The van der Waals surface area contributed by atoms with Gasteiger partial charge in [-0.1, -0.05) is 74.0 Å². The van der Waals surface area contributed by atoms with Gasteiger partial charge in [0.1, 0.15) is 22.1 Å². The third-order valence-electron chi connectivity index (χ3n) is 6.30. The average Bonchev–Trinajstić information content (AvgIpc) is 3.24. The molecule has 8 heteroatoms. The van der Waals surface area contributed by atoms with Gasteiger partial charge >= 0.3 is 0 Å². The predicted molar refractivity (Wildman–Crippen MR) is 140 cm³/mol. The first-order valence-electron chi connectivity index (χ1n) is 11.0. The van der Waals surface area contributed by atoms with Gasteiger partial charge in [-0.3, -0.25) is 0 Å². The summed E-state index contributed by atoms with van der Waals surface area (Å²) in [5.74, 6) is 0. The van der Waals surface area contributed by atoms with Gasteiger partial charge in [0.05, 0.1) is 16.7 Å². The van der Waals surface area contributed by atoms with Crippen molar-refractivity contribution in [2.75, 3.05) is 5.32 Å². The first kappa shape index (κ1) is 25.4. The molecule has 0 saturated heterocycles. The number of rotatable bonds is 7. The van der Waals surface area contributed by atoms with Crippen molar-refractivity contribution in [1.29, 1.82) is 5.26 Å². The van der Waals surface area contributed by atoms with E-state index in [1.54, 1.807) is 17.4 Å². The number of nitrogens with zero attached hydrogens (tertiary/aromatic N) is 3. The summed E-state index contributed by atoms with van der Waals surface area (Å²) < 4.78 is 6.75. The smallest absolute Gasteiger partial charge is 0.192 e. The fraction of sp³-hybridized carbons (Fsp3) is 0.400. The maximum Gasteiger partial charge on any atom is 0.192 e. The third kappa shape index (κ3) is 5.64. The van der Waals surface area contributed by atoms with Crippen LogP contribution in [-0.2, 0) is 4.43 Å². The molecule has 174 valence electrons. The Hall–Kier alpha value is -2.24. The summed E-state index contributed by atoms with van der Waals surface area (Å²) >= 11 is 8.00. The third-order valence-corrected chi connectivity index (χ3v) is 12.4. The number of anilines is 1. The summed E-state index contributed by atoms with van der Waals surface area (Å²) in [6, 6.07) is 15.6. The maximum absolute atomic E-state index is 9.31. The number of nitriles is 1. The molecule has 0 aliphatic rings. The summed E-state index contributed by atoms with van der Waals surface area (Å²) in [6.45, 7) is 15.2. The molecule has 1 heterocycles. The van der Waals surface area contributed by atoms with Crippen LogP contribution in [0, 0.1) is 18.3 Å². The molecule has 0 unspecified atom stereocenters. The second-order valence-corrected chi connectivity index (χ2v) is 15.9. The monoisotopic (exact) mass is 498 g/mol. The van der Waals surface area contributed by atoms with Gasteiger partial charge in [0.2, 0.25) is 0 Å². The van der Waals surface area contributed by atoms with Gasteiger partial charge in [-0.2, -0.15) is 5.26 Å². The van der Waals surface area contributed by atoms with Crippen LogP contribution in [0.25, 0.3) is 10.6 Å². The molecule has 0 aliphatic carbocycles. The SMILES string of the molecule is Cc1c(N[C@@H](c2nnc(-c3ccccc3)s2)[C@H](C)O[Si](C)(C)C(C)(C)C)ccc(C#N)c1Cl. The van der Waals surface area contributed by atoms with Gasteiger partial charge in [-0.15, -0.1) is 10.2 Å². The summed E-state index contributed by atoms with van der Waals surface area (Å²) in [6.07, 6.45) is -0.156. The van der Waals surface area contributed by atoms with E-state index in [2.05, 4.69) is 62.4 Å². The molecule has 0 amide bonds. The number of benzene rings is 2. The molecule has 0 saturated carbocycles. The van der Waals surface area contributed by atoms with E-state index < -0.39 is 8.32 Å². The first-order valence-corrected chi connectivity index (χ1v) is 15.1. The summed E-state index contributed by atoms with van der Waals surface area (Å²) in [4.78, 5) is 0. The lowest BCUT2D eigenvalue weighted by atomic mass is 10.1. The van der Waals surface area contributed by atoms with Crippen molar-refractivity contribution in [3.63, 3.8) is 0 Å². The highest BCUT2D eigenvalue weighted by atomic mass is 35.5. The van der Waals surface area contributed by atoms with Crippen LogP contribution in [0.1, 0.15) is 49.9 Å². The van der Waals surface area contributed by atoms with Gasteiger partial charge in [-0.05, 0) is 49.7 Å². The fourth-order valence-corrected chi connectivity index (χ4v) is 5.86.